The second kappa shape index (κ2) is 11.6. The zero-order valence-corrected chi connectivity index (χ0v) is 15.6. The average Bonchev–Trinajstić information content (AvgIpc) is 3.15. The van der Waals surface area contributed by atoms with Gasteiger partial charge >= 0.3 is 0 Å². The van der Waals surface area contributed by atoms with E-state index in [2.05, 4.69) is 20.4 Å². The fourth-order valence-electron chi connectivity index (χ4n) is 3.43. The van der Waals surface area contributed by atoms with E-state index in [4.69, 9.17) is 23.9 Å². The third-order valence-corrected chi connectivity index (χ3v) is 4.80. The molecule has 0 atom stereocenters. The molecule has 152 valence electrons. The largest absolute Gasteiger partial charge is 0.483 e. The monoisotopic (exact) mass is 384 g/mol. The van der Waals surface area contributed by atoms with E-state index >= 15 is 0 Å². The number of hydrogen-bond donors (Lipinski definition) is 2. The molecule has 2 aliphatic rings. The second-order valence-corrected chi connectivity index (χ2v) is 6.51. The number of carbonyl (C=O) groups excluding carboxylic acids is 1. The van der Waals surface area contributed by atoms with Crippen molar-refractivity contribution in [2.45, 2.75) is 44.9 Å². The lowest BCUT2D eigenvalue weighted by atomic mass is 9.93. The molecule has 1 aromatic rings. The Hall–Kier alpha value is -2.04. The molecule has 0 bridgehead atoms. The summed E-state index contributed by atoms with van der Waals surface area (Å²) in [7, 11) is 1.57. The number of rotatable bonds is 6. The Morgan fingerprint density at radius 3 is 2.63 bits per heavy atom. The van der Waals surface area contributed by atoms with Gasteiger partial charge in [0.2, 0.25) is 11.8 Å². The van der Waals surface area contributed by atoms with Crippen molar-refractivity contribution in [2.75, 3.05) is 33.4 Å². The number of nitrogens with one attached hydrogen (secondary N) is 1. The van der Waals surface area contributed by atoms with Crippen molar-refractivity contribution in [2.24, 2.45) is 5.92 Å². The Kier molecular flexibility index (Phi) is 9.16. The molecule has 1 aromatic heterocycles. The highest BCUT2D eigenvalue weighted by atomic mass is 16.5. The number of methoxy groups -OCH3 is 1. The van der Waals surface area contributed by atoms with E-state index in [0.717, 1.165) is 52.0 Å². The van der Waals surface area contributed by atoms with Crippen molar-refractivity contribution in [3.05, 3.63) is 11.7 Å². The quantitative estimate of drug-likeness (QED) is 0.671. The van der Waals surface area contributed by atoms with Gasteiger partial charge in [0.05, 0.1) is 6.54 Å². The molecule has 0 aromatic carbocycles. The van der Waals surface area contributed by atoms with Crippen LogP contribution >= 0.6 is 0 Å². The van der Waals surface area contributed by atoms with Gasteiger partial charge in [-0.05, 0) is 38.8 Å². The number of carboxylic acid groups (broad SMARTS) is 1. The molecule has 0 saturated carbocycles. The minimum absolute atomic E-state index is 0.0717. The van der Waals surface area contributed by atoms with Crippen molar-refractivity contribution in [3.63, 3.8) is 0 Å². The first-order chi connectivity index (χ1) is 13.2. The summed E-state index contributed by atoms with van der Waals surface area (Å²) in [4.78, 5) is 27.4. The average molecular weight is 384 g/mol. The molecule has 0 aliphatic carbocycles. The van der Waals surface area contributed by atoms with E-state index in [1.165, 1.54) is 0 Å². The molecule has 10 heteroatoms. The maximum absolute atomic E-state index is 12.3. The number of nitrogens with zero attached hydrogens (tertiary/aromatic N) is 3. The van der Waals surface area contributed by atoms with E-state index in [0.29, 0.717) is 24.4 Å². The van der Waals surface area contributed by atoms with Crippen molar-refractivity contribution >= 4 is 12.4 Å². The Morgan fingerprint density at radius 2 is 2.00 bits per heavy atom. The number of ether oxygens (including phenoxy) is 2. The number of hydrogen-bond acceptors (Lipinski definition) is 8. The normalized spacial score (nSPS) is 19.1. The van der Waals surface area contributed by atoms with Crippen molar-refractivity contribution < 1.29 is 28.7 Å². The van der Waals surface area contributed by atoms with Crippen LogP contribution in [0.15, 0.2) is 4.52 Å². The molecule has 0 unspecified atom stereocenters. The van der Waals surface area contributed by atoms with Gasteiger partial charge < -0.3 is 29.3 Å². The molecule has 0 spiro atoms. The smallest absolute Gasteiger partial charge is 0.290 e. The molecule has 1 amide bonds. The van der Waals surface area contributed by atoms with Crippen molar-refractivity contribution in [3.8, 4) is 0 Å². The molecule has 2 saturated heterocycles. The van der Waals surface area contributed by atoms with E-state index in [1.807, 2.05) is 0 Å². The maximum atomic E-state index is 12.3. The molecule has 3 rings (SSSR count). The van der Waals surface area contributed by atoms with Gasteiger partial charge in [-0.25, -0.2) is 0 Å². The minimum Gasteiger partial charge on any atom is -0.483 e. The van der Waals surface area contributed by atoms with Gasteiger partial charge in [0.25, 0.3) is 6.47 Å². The fourth-order valence-corrected chi connectivity index (χ4v) is 3.43. The Morgan fingerprint density at radius 1 is 1.33 bits per heavy atom. The van der Waals surface area contributed by atoms with Gasteiger partial charge in [0, 0.05) is 32.3 Å². The molecule has 10 nitrogen and oxygen atoms in total. The Labute approximate surface area is 158 Å². The van der Waals surface area contributed by atoms with Gasteiger partial charge in [-0.3, -0.25) is 9.59 Å². The number of aromatic nitrogens is 2. The summed E-state index contributed by atoms with van der Waals surface area (Å²) < 4.78 is 15.4. The number of likely N-dealkylation sites (tertiary alicyclic amines) is 1. The summed E-state index contributed by atoms with van der Waals surface area (Å²) in [6.45, 7) is 4.03. The maximum Gasteiger partial charge on any atom is 0.290 e. The minimum atomic E-state index is -0.250. The van der Waals surface area contributed by atoms with Crippen LogP contribution in [0.4, 0.5) is 0 Å². The zero-order chi connectivity index (χ0) is 19.5. The van der Waals surface area contributed by atoms with Crippen LogP contribution in [0.3, 0.4) is 0 Å². The van der Waals surface area contributed by atoms with Gasteiger partial charge in [0.1, 0.15) is 6.61 Å². The van der Waals surface area contributed by atoms with E-state index in [9.17, 15) is 4.79 Å². The third-order valence-electron chi connectivity index (χ3n) is 4.80. The standard InChI is InChI=1S/C16H26N4O4.CH2O2/c1-22-11-14-18-15(24-19-14)10-17-16(21)12-2-6-20(7-3-12)13-4-8-23-9-5-13;2-1-3/h12-13H,2-11H2,1H3,(H,17,21);1H,(H,2,3). The molecule has 0 radical (unpaired) electrons. The van der Waals surface area contributed by atoms with E-state index < -0.39 is 0 Å². The first kappa shape index (κ1) is 21.3. The van der Waals surface area contributed by atoms with E-state index in [-0.39, 0.29) is 24.8 Å². The lowest BCUT2D eigenvalue weighted by molar-refractivity contribution is -0.127. The Bertz CT molecular complexity index is 568. The summed E-state index contributed by atoms with van der Waals surface area (Å²) in [5.41, 5.74) is 0. The summed E-state index contributed by atoms with van der Waals surface area (Å²) in [6.07, 6.45) is 4.03. The van der Waals surface area contributed by atoms with Gasteiger partial charge in [0.15, 0.2) is 5.82 Å². The van der Waals surface area contributed by atoms with E-state index in [1.54, 1.807) is 7.11 Å². The van der Waals surface area contributed by atoms with Crippen LogP contribution in [0.1, 0.15) is 37.4 Å². The topological polar surface area (TPSA) is 127 Å². The van der Waals surface area contributed by atoms with Crippen LogP contribution in [0.5, 0.6) is 0 Å². The molecule has 3 heterocycles. The predicted molar refractivity (Wildman–Crippen MR) is 93.7 cm³/mol. The molecule has 2 N–H and O–H groups in total. The highest BCUT2D eigenvalue weighted by Crippen LogP contribution is 2.23. The summed E-state index contributed by atoms with van der Waals surface area (Å²) in [5.74, 6) is 1.05. The lowest BCUT2D eigenvalue weighted by Crippen LogP contribution is -2.46. The second-order valence-electron chi connectivity index (χ2n) is 6.51. The first-order valence-corrected chi connectivity index (χ1v) is 9.15. The fraction of sp³-hybridized carbons (Fsp3) is 0.765. The van der Waals surface area contributed by atoms with Crippen molar-refractivity contribution in [1.82, 2.24) is 20.4 Å². The molecule has 2 aliphatic heterocycles. The third kappa shape index (κ3) is 6.89. The first-order valence-electron chi connectivity index (χ1n) is 9.15. The number of piperidine rings is 1. The number of amides is 1. The highest BCUT2D eigenvalue weighted by Gasteiger charge is 2.29. The van der Waals surface area contributed by atoms with Gasteiger partial charge in [-0.2, -0.15) is 4.98 Å². The van der Waals surface area contributed by atoms with Crippen LogP contribution in [0.25, 0.3) is 0 Å². The highest BCUT2D eigenvalue weighted by molar-refractivity contribution is 5.78. The summed E-state index contributed by atoms with van der Waals surface area (Å²) in [5, 5.41) is 13.6. The summed E-state index contributed by atoms with van der Waals surface area (Å²) in [6, 6.07) is 0.625. The van der Waals surface area contributed by atoms with Gasteiger partial charge in [-0.15, -0.1) is 0 Å². The van der Waals surface area contributed by atoms with Crippen LogP contribution < -0.4 is 5.32 Å². The van der Waals surface area contributed by atoms with Crippen LogP contribution in [-0.4, -0.2) is 72.0 Å². The molecular formula is C17H28N4O6. The number of carbonyl (C=O) groups is 2. The SMILES string of the molecule is COCc1noc(CNC(=O)C2CCN(C3CCOCC3)CC2)n1.O=CO. The molecule has 27 heavy (non-hydrogen) atoms. The Balaban J connectivity index is 0.000000817. The van der Waals surface area contributed by atoms with Crippen LogP contribution in [0.2, 0.25) is 0 Å². The van der Waals surface area contributed by atoms with Gasteiger partial charge in [-0.1, -0.05) is 5.16 Å². The molecule has 2 fully saturated rings. The van der Waals surface area contributed by atoms with Crippen molar-refractivity contribution in [1.29, 1.82) is 0 Å². The van der Waals surface area contributed by atoms with Crippen LogP contribution in [-0.2, 0) is 32.2 Å². The predicted octanol–water partition coefficient (Wildman–Crippen LogP) is 0.424. The van der Waals surface area contributed by atoms with Crippen LogP contribution in [0, 0.1) is 5.92 Å². The molecular weight excluding hydrogens is 356 g/mol. The summed E-state index contributed by atoms with van der Waals surface area (Å²) >= 11 is 0. The lowest BCUT2D eigenvalue weighted by Gasteiger charge is -2.38. The zero-order valence-electron chi connectivity index (χ0n) is 15.6.